The first-order chi connectivity index (χ1) is 7.79. The number of likely N-dealkylation sites (N-methyl/N-ethyl adjacent to an activating group) is 1. The van der Waals surface area contributed by atoms with Gasteiger partial charge in [-0.15, -0.1) is 0 Å². The maximum atomic E-state index is 8.87. The van der Waals surface area contributed by atoms with Crippen LogP contribution in [0.2, 0.25) is 0 Å². The number of benzene rings is 1. The highest BCUT2D eigenvalue weighted by molar-refractivity contribution is 5.26. The van der Waals surface area contributed by atoms with Gasteiger partial charge in [0.1, 0.15) is 0 Å². The molecule has 1 N–H and O–H groups in total. The molecule has 2 heteroatoms. The van der Waals surface area contributed by atoms with Crippen LogP contribution < -0.4 is 0 Å². The lowest BCUT2D eigenvalue weighted by Gasteiger charge is -2.30. The molecule has 1 aromatic carbocycles. The molecule has 0 aliphatic carbocycles. The zero-order valence-electron chi connectivity index (χ0n) is 10.0. The van der Waals surface area contributed by atoms with Gasteiger partial charge < -0.3 is 10.0 Å². The number of hydrogen-bond acceptors (Lipinski definition) is 2. The standard InChI is InChI=1S/C14H21NO/c1-15-9-2-3-14(11-15)13-6-4-12(5-7-13)8-10-16/h4-7,14,16H,2-3,8-11H2,1H3. The van der Waals surface area contributed by atoms with Gasteiger partial charge in [-0.3, -0.25) is 0 Å². The van der Waals surface area contributed by atoms with Crippen molar-refractivity contribution in [2.45, 2.75) is 25.2 Å². The Morgan fingerprint density at radius 2 is 2.06 bits per heavy atom. The Hall–Kier alpha value is -0.860. The zero-order valence-corrected chi connectivity index (χ0v) is 10.0. The van der Waals surface area contributed by atoms with Crippen LogP contribution in [-0.4, -0.2) is 36.8 Å². The lowest BCUT2D eigenvalue weighted by Crippen LogP contribution is -2.30. The fourth-order valence-electron chi connectivity index (χ4n) is 2.52. The van der Waals surface area contributed by atoms with Crippen molar-refractivity contribution in [2.75, 3.05) is 26.7 Å². The van der Waals surface area contributed by atoms with Crippen LogP contribution in [0.3, 0.4) is 0 Å². The van der Waals surface area contributed by atoms with Gasteiger partial charge in [0, 0.05) is 13.2 Å². The molecule has 1 saturated heterocycles. The predicted molar refractivity (Wildman–Crippen MR) is 66.7 cm³/mol. The average molecular weight is 219 g/mol. The maximum Gasteiger partial charge on any atom is 0.0471 e. The molecular formula is C14H21NO. The van der Waals surface area contributed by atoms with E-state index in [-0.39, 0.29) is 6.61 Å². The molecule has 1 unspecified atom stereocenters. The minimum Gasteiger partial charge on any atom is -0.396 e. The van der Waals surface area contributed by atoms with Crippen LogP contribution in [-0.2, 0) is 6.42 Å². The van der Waals surface area contributed by atoms with Crippen molar-refractivity contribution in [3.63, 3.8) is 0 Å². The van der Waals surface area contributed by atoms with Gasteiger partial charge in [0.15, 0.2) is 0 Å². The van der Waals surface area contributed by atoms with Crippen LogP contribution in [0, 0.1) is 0 Å². The van der Waals surface area contributed by atoms with Crippen LogP contribution >= 0.6 is 0 Å². The molecular weight excluding hydrogens is 198 g/mol. The van der Waals surface area contributed by atoms with Gasteiger partial charge in [0.05, 0.1) is 0 Å². The van der Waals surface area contributed by atoms with Gasteiger partial charge >= 0.3 is 0 Å². The molecule has 0 saturated carbocycles. The Morgan fingerprint density at radius 3 is 2.69 bits per heavy atom. The molecule has 2 nitrogen and oxygen atoms in total. The lowest BCUT2D eigenvalue weighted by atomic mass is 9.90. The third kappa shape index (κ3) is 2.83. The second-order valence-electron chi connectivity index (χ2n) is 4.82. The summed E-state index contributed by atoms with van der Waals surface area (Å²) in [7, 11) is 2.20. The quantitative estimate of drug-likeness (QED) is 0.841. The predicted octanol–water partition coefficient (Wildman–Crippen LogP) is 2.03. The van der Waals surface area contributed by atoms with Crippen LogP contribution in [0.5, 0.6) is 0 Å². The minimum absolute atomic E-state index is 0.242. The largest absolute Gasteiger partial charge is 0.396 e. The molecule has 16 heavy (non-hydrogen) atoms. The summed E-state index contributed by atoms with van der Waals surface area (Å²) >= 11 is 0. The highest BCUT2D eigenvalue weighted by atomic mass is 16.2. The summed E-state index contributed by atoms with van der Waals surface area (Å²) in [6.07, 6.45) is 3.38. The Kier molecular flexibility index (Phi) is 3.97. The molecule has 1 fully saturated rings. The summed E-state index contributed by atoms with van der Waals surface area (Å²) in [5.74, 6) is 0.696. The molecule has 0 amide bonds. The third-order valence-electron chi connectivity index (χ3n) is 3.48. The SMILES string of the molecule is CN1CCCC(c2ccc(CCO)cc2)C1. The summed E-state index contributed by atoms with van der Waals surface area (Å²) in [6, 6.07) is 8.77. The summed E-state index contributed by atoms with van der Waals surface area (Å²) in [5, 5.41) is 8.87. The van der Waals surface area contributed by atoms with Gasteiger partial charge in [-0.25, -0.2) is 0 Å². The fourth-order valence-corrected chi connectivity index (χ4v) is 2.52. The van der Waals surface area contributed by atoms with E-state index in [1.807, 2.05) is 0 Å². The Balaban J connectivity index is 2.03. The monoisotopic (exact) mass is 219 g/mol. The number of aliphatic hydroxyl groups excluding tert-OH is 1. The van der Waals surface area contributed by atoms with Gasteiger partial charge in [-0.1, -0.05) is 24.3 Å². The maximum absolute atomic E-state index is 8.87. The van der Waals surface area contributed by atoms with Crippen molar-refractivity contribution in [3.05, 3.63) is 35.4 Å². The van der Waals surface area contributed by atoms with Crippen molar-refractivity contribution in [2.24, 2.45) is 0 Å². The summed E-state index contributed by atoms with van der Waals surface area (Å²) in [6.45, 7) is 2.66. The van der Waals surface area contributed by atoms with Crippen LogP contribution in [0.25, 0.3) is 0 Å². The van der Waals surface area contributed by atoms with Crippen molar-refractivity contribution in [1.82, 2.24) is 4.90 Å². The Bertz CT molecular complexity index is 320. The fraction of sp³-hybridized carbons (Fsp3) is 0.571. The highest BCUT2D eigenvalue weighted by Gasteiger charge is 2.18. The van der Waals surface area contributed by atoms with E-state index >= 15 is 0 Å². The first kappa shape index (κ1) is 11.6. The van der Waals surface area contributed by atoms with Gasteiger partial charge in [0.25, 0.3) is 0 Å². The van der Waals surface area contributed by atoms with E-state index in [1.54, 1.807) is 0 Å². The van der Waals surface area contributed by atoms with Gasteiger partial charge in [0.2, 0.25) is 0 Å². The number of likely N-dealkylation sites (tertiary alicyclic amines) is 1. The van der Waals surface area contributed by atoms with E-state index in [2.05, 4.69) is 36.2 Å². The Labute approximate surface area is 97.9 Å². The molecule has 0 bridgehead atoms. The molecule has 1 aromatic rings. The van der Waals surface area contributed by atoms with E-state index in [0.717, 1.165) is 6.42 Å². The third-order valence-corrected chi connectivity index (χ3v) is 3.48. The second-order valence-corrected chi connectivity index (χ2v) is 4.82. The van der Waals surface area contributed by atoms with Gasteiger partial charge in [-0.05, 0) is 49.9 Å². The van der Waals surface area contributed by atoms with E-state index in [0.29, 0.717) is 5.92 Å². The molecule has 1 aliphatic rings. The molecule has 0 spiro atoms. The summed E-state index contributed by atoms with van der Waals surface area (Å²) in [5.41, 5.74) is 2.68. The molecule has 1 atom stereocenters. The molecule has 1 aliphatic heterocycles. The second kappa shape index (κ2) is 5.46. The normalized spacial score (nSPS) is 22.2. The first-order valence-electron chi connectivity index (χ1n) is 6.18. The van der Waals surface area contributed by atoms with E-state index in [1.165, 1.54) is 37.1 Å². The summed E-state index contributed by atoms with van der Waals surface area (Å²) < 4.78 is 0. The topological polar surface area (TPSA) is 23.5 Å². The molecule has 0 radical (unpaired) electrons. The average Bonchev–Trinajstić information content (AvgIpc) is 2.30. The van der Waals surface area contributed by atoms with E-state index < -0.39 is 0 Å². The van der Waals surface area contributed by atoms with Crippen LogP contribution in [0.1, 0.15) is 29.9 Å². The molecule has 2 rings (SSSR count). The highest BCUT2D eigenvalue weighted by Crippen LogP contribution is 2.26. The zero-order chi connectivity index (χ0) is 11.4. The van der Waals surface area contributed by atoms with Gasteiger partial charge in [-0.2, -0.15) is 0 Å². The van der Waals surface area contributed by atoms with E-state index in [9.17, 15) is 0 Å². The van der Waals surface area contributed by atoms with Crippen molar-refractivity contribution in [1.29, 1.82) is 0 Å². The molecule has 1 heterocycles. The van der Waals surface area contributed by atoms with Crippen molar-refractivity contribution >= 4 is 0 Å². The smallest absolute Gasteiger partial charge is 0.0471 e. The van der Waals surface area contributed by atoms with Crippen LogP contribution in [0.4, 0.5) is 0 Å². The lowest BCUT2D eigenvalue weighted by molar-refractivity contribution is 0.251. The summed E-state index contributed by atoms with van der Waals surface area (Å²) in [4.78, 5) is 2.41. The number of piperidine rings is 1. The number of hydrogen-bond donors (Lipinski definition) is 1. The molecule has 0 aromatic heterocycles. The Morgan fingerprint density at radius 1 is 1.31 bits per heavy atom. The van der Waals surface area contributed by atoms with E-state index in [4.69, 9.17) is 5.11 Å². The van der Waals surface area contributed by atoms with Crippen LogP contribution in [0.15, 0.2) is 24.3 Å². The number of aliphatic hydroxyl groups is 1. The van der Waals surface area contributed by atoms with Crippen molar-refractivity contribution < 1.29 is 5.11 Å². The van der Waals surface area contributed by atoms with Crippen molar-refractivity contribution in [3.8, 4) is 0 Å². The number of rotatable bonds is 3. The minimum atomic E-state index is 0.242. The number of nitrogens with zero attached hydrogens (tertiary/aromatic N) is 1. The first-order valence-corrected chi connectivity index (χ1v) is 6.18. The molecule has 88 valence electrons.